The van der Waals surface area contributed by atoms with Gasteiger partial charge in [-0.05, 0) is 42.7 Å². The van der Waals surface area contributed by atoms with Gasteiger partial charge in [0, 0.05) is 25.2 Å². The SMILES string of the molecule is O=C(CCNC(=O)c1ccc(F)cc1F)OCC(=O)N(Cc1ccc(F)cc1)C1CCCCC1. The minimum absolute atomic E-state index is 0.0231. The van der Waals surface area contributed by atoms with Crippen LogP contribution in [0.15, 0.2) is 42.5 Å². The molecule has 9 heteroatoms. The summed E-state index contributed by atoms with van der Waals surface area (Å²) < 4.78 is 44.9. The van der Waals surface area contributed by atoms with Gasteiger partial charge in [-0.25, -0.2) is 13.2 Å². The second kappa shape index (κ2) is 12.2. The Hall–Kier alpha value is -3.36. The summed E-state index contributed by atoms with van der Waals surface area (Å²) in [6.07, 6.45) is 4.61. The second-order valence-electron chi connectivity index (χ2n) is 8.23. The van der Waals surface area contributed by atoms with Crippen LogP contribution in [0, 0.1) is 17.5 Å². The Morgan fingerprint density at radius 3 is 2.29 bits per heavy atom. The van der Waals surface area contributed by atoms with Crippen LogP contribution in [0.2, 0.25) is 0 Å². The highest BCUT2D eigenvalue weighted by Gasteiger charge is 2.26. The number of esters is 1. The fourth-order valence-electron chi connectivity index (χ4n) is 3.94. The molecule has 0 spiro atoms. The zero-order chi connectivity index (χ0) is 24.5. The average molecular weight is 476 g/mol. The standard InChI is InChI=1S/C25H27F3N2O4/c26-18-8-6-17(7-9-18)15-30(20-4-2-1-3-5-20)23(31)16-34-24(32)12-13-29-25(33)21-11-10-19(27)14-22(21)28/h6-11,14,20H,1-5,12-13,15-16H2,(H,29,33). The molecule has 0 heterocycles. The summed E-state index contributed by atoms with van der Waals surface area (Å²) in [7, 11) is 0. The van der Waals surface area contributed by atoms with E-state index in [-0.39, 0.29) is 36.3 Å². The average Bonchev–Trinajstić information content (AvgIpc) is 2.82. The number of hydrogen-bond acceptors (Lipinski definition) is 4. The molecular weight excluding hydrogens is 449 g/mol. The smallest absolute Gasteiger partial charge is 0.308 e. The quantitative estimate of drug-likeness (QED) is 0.553. The number of hydrogen-bond donors (Lipinski definition) is 1. The Morgan fingerprint density at radius 2 is 1.62 bits per heavy atom. The van der Waals surface area contributed by atoms with Gasteiger partial charge in [0.15, 0.2) is 6.61 Å². The maximum Gasteiger partial charge on any atom is 0.308 e. The van der Waals surface area contributed by atoms with Crippen LogP contribution in [-0.4, -0.2) is 41.9 Å². The Morgan fingerprint density at radius 1 is 0.941 bits per heavy atom. The molecule has 0 aromatic heterocycles. The maximum absolute atomic E-state index is 13.6. The summed E-state index contributed by atoms with van der Waals surface area (Å²) in [6.45, 7) is -0.289. The topological polar surface area (TPSA) is 75.7 Å². The van der Waals surface area contributed by atoms with Crippen LogP contribution in [-0.2, 0) is 20.9 Å². The molecule has 1 aliphatic rings. The van der Waals surface area contributed by atoms with E-state index in [1.807, 2.05) is 0 Å². The third-order valence-electron chi connectivity index (χ3n) is 5.75. The van der Waals surface area contributed by atoms with Crippen LogP contribution in [0.25, 0.3) is 0 Å². The number of benzene rings is 2. The van der Waals surface area contributed by atoms with E-state index in [1.54, 1.807) is 17.0 Å². The fraction of sp³-hybridized carbons (Fsp3) is 0.400. The molecular formula is C25H27F3N2O4. The molecule has 1 saturated carbocycles. The minimum Gasteiger partial charge on any atom is -0.456 e. The number of amides is 2. The first-order chi connectivity index (χ1) is 16.3. The van der Waals surface area contributed by atoms with Crippen LogP contribution in [0.5, 0.6) is 0 Å². The van der Waals surface area contributed by atoms with Gasteiger partial charge < -0.3 is 15.0 Å². The lowest BCUT2D eigenvalue weighted by molar-refractivity contribution is -0.153. The van der Waals surface area contributed by atoms with Gasteiger partial charge in [0.05, 0.1) is 12.0 Å². The van der Waals surface area contributed by atoms with Crippen LogP contribution in [0.3, 0.4) is 0 Å². The first-order valence-corrected chi connectivity index (χ1v) is 11.3. The van der Waals surface area contributed by atoms with Crippen LogP contribution in [0.1, 0.15) is 54.4 Å². The van der Waals surface area contributed by atoms with Gasteiger partial charge in [-0.15, -0.1) is 0 Å². The summed E-state index contributed by atoms with van der Waals surface area (Å²) in [5.41, 5.74) is 0.441. The van der Waals surface area contributed by atoms with Crippen LogP contribution < -0.4 is 5.32 Å². The van der Waals surface area contributed by atoms with Gasteiger partial charge in [0.2, 0.25) is 0 Å². The molecule has 0 bridgehead atoms. The lowest BCUT2D eigenvalue weighted by Gasteiger charge is -2.34. The molecule has 0 radical (unpaired) electrons. The number of rotatable bonds is 9. The van der Waals surface area contributed by atoms with Crippen molar-refractivity contribution in [3.8, 4) is 0 Å². The van der Waals surface area contributed by atoms with Gasteiger partial charge in [0.1, 0.15) is 17.5 Å². The van der Waals surface area contributed by atoms with E-state index in [9.17, 15) is 27.6 Å². The van der Waals surface area contributed by atoms with E-state index in [1.165, 1.54) is 12.1 Å². The van der Waals surface area contributed by atoms with E-state index in [2.05, 4.69) is 5.32 Å². The van der Waals surface area contributed by atoms with E-state index >= 15 is 0 Å². The zero-order valence-electron chi connectivity index (χ0n) is 18.7. The highest BCUT2D eigenvalue weighted by atomic mass is 19.1. The largest absolute Gasteiger partial charge is 0.456 e. The maximum atomic E-state index is 13.6. The number of ether oxygens (including phenoxy) is 1. The van der Waals surface area contributed by atoms with Crippen LogP contribution in [0.4, 0.5) is 13.2 Å². The fourth-order valence-corrected chi connectivity index (χ4v) is 3.94. The summed E-state index contributed by atoms with van der Waals surface area (Å²) in [4.78, 5) is 38.6. The van der Waals surface area contributed by atoms with Gasteiger partial charge >= 0.3 is 5.97 Å². The van der Waals surface area contributed by atoms with Gasteiger partial charge in [-0.3, -0.25) is 14.4 Å². The van der Waals surface area contributed by atoms with Crippen molar-refractivity contribution in [2.45, 2.75) is 51.1 Å². The number of carbonyl (C=O) groups excluding carboxylic acids is 3. The highest BCUT2D eigenvalue weighted by molar-refractivity contribution is 5.94. The molecule has 34 heavy (non-hydrogen) atoms. The predicted octanol–water partition coefficient (Wildman–Crippen LogP) is 4.13. The minimum atomic E-state index is -1.00. The first-order valence-electron chi connectivity index (χ1n) is 11.3. The number of nitrogens with zero attached hydrogens (tertiary/aromatic N) is 1. The van der Waals surface area contributed by atoms with Crippen molar-refractivity contribution in [2.75, 3.05) is 13.2 Å². The number of nitrogens with one attached hydrogen (secondary N) is 1. The molecule has 0 aliphatic heterocycles. The second-order valence-corrected chi connectivity index (χ2v) is 8.23. The molecule has 2 aromatic carbocycles. The van der Waals surface area contributed by atoms with Crippen molar-refractivity contribution in [3.63, 3.8) is 0 Å². The summed E-state index contributed by atoms with van der Waals surface area (Å²) in [5, 5.41) is 2.36. The van der Waals surface area contributed by atoms with E-state index in [0.717, 1.165) is 49.8 Å². The Labute approximate surface area is 196 Å². The molecule has 2 amide bonds. The van der Waals surface area contributed by atoms with E-state index in [0.29, 0.717) is 12.6 Å². The van der Waals surface area contributed by atoms with Crippen LogP contribution >= 0.6 is 0 Å². The molecule has 0 saturated heterocycles. The first kappa shape index (κ1) is 25.3. The summed E-state index contributed by atoms with van der Waals surface area (Å²) in [6, 6.07) is 8.51. The molecule has 1 N–H and O–H groups in total. The van der Waals surface area contributed by atoms with Crippen molar-refractivity contribution < 1.29 is 32.3 Å². The summed E-state index contributed by atoms with van der Waals surface area (Å²) in [5.74, 6) is -3.99. The van der Waals surface area contributed by atoms with Crippen molar-refractivity contribution >= 4 is 17.8 Å². The van der Waals surface area contributed by atoms with Crippen molar-refractivity contribution in [1.82, 2.24) is 10.2 Å². The molecule has 3 rings (SSSR count). The molecule has 6 nitrogen and oxygen atoms in total. The number of halogens is 3. The van der Waals surface area contributed by atoms with E-state index in [4.69, 9.17) is 4.74 Å². The molecule has 1 fully saturated rings. The third-order valence-corrected chi connectivity index (χ3v) is 5.75. The highest BCUT2D eigenvalue weighted by Crippen LogP contribution is 2.24. The Balaban J connectivity index is 1.49. The molecule has 0 unspecified atom stereocenters. The summed E-state index contributed by atoms with van der Waals surface area (Å²) >= 11 is 0. The predicted molar refractivity (Wildman–Crippen MR) is 118 cm³/mol. The number of carbonyl (C=O) groups is 3. The van der Waals surface area contributed by atoms with E-state index < -0.39 is 30.1 Å². The zero-order valence-corrected chi connectivity index (χ0v) is 18.7. The lowest BCUT2D eigenvalue weighted by Crippen LogP contribution is -2.43. The Bertz CT molecular complexity index is 1010. The molecule has 182 valence electrons. The van der Waals surface area contributed by atoms with Gasteiger partial charge in [-0.2, -0.15) is 0 Å². The molecule has 2 aromatic rings. The van der Waals surface area contributed by atoms with Gasteiger partial charge in [-0.1, -0.05) is 31.4 Å². The van der Waals surface area contributed by atoms with Gasteiger partial charge in [0.25, 0.3) is 11.8 Å². The van der Waals surface area contributed by atoms with Crippen molar-refractivity contribution in [1.29, 1.82) is 0 Å². The molecule has 0 atom stereocenters. The van der Waals surface area contributed by atoms with Crippen molar-refractivity contribution in [2.24, 2.45) is 0 Å². The molecule has 1 aliphatic carbocycles. The Kier molecular flexibility index (Phi) is 9.07. The third kappa shape index (κ3) is 7.33. The van der Waals surface area contributed by atoms with Crippen molar-refractivity contribution in [3.05, 3.63) is 71.0 Å². The monoisotopic (exact) mass is 476 g/mol. The lowest BCUT2D eigenvalue weighted by atomic mass is 9.93. The normalized spacial score (nSPS) is 13.9.